The predicted octanol–water partition coefficient (Wildman–Crippen LogP) is 2.15. The van der Waals surface area contributed by atoms with Gasteiger partial charge in [0.25, 0.3) is 0 Å². The lowest BCUT2D eigenvalue weighted by Crippen LogP contribution is -2.43. The minimum absolute atomic E-state index is 0.00336. The van der Waals surface area contributed by atoms with Gasteiger partial charge in [-0.05, 0) is 51.7 Å². The first kappa shape index (κ1) is 18.7. The molecule has 2 amide bonds. The lowest BCUT2D eigenvalue weighted by atomic mass is 10.1. The number of halogens is 2. The van der Waals surface area contributed by atoms with Crippen LogP contribution in [0.15, 0.2) is 18.2 Å². The predicted molar refractivity (Wildman–Crippen MR) is 85.5 cm³/mol. The third-order valence-corrected chi connectivity index (χ3v) is 3.48. The molecule has 1 aromatic carbocycles. The average Bonchev–Trinajstić information content (AvgIpc) is 2.45. The maximum absolute atomic E-state index is 13.3. The first-order valence-electron chi connectivity index (χ1n) is 7.11. The summed E-state index contributed by atoms with van der Waals surface area (Å²) < 4.78 is 13.3. The Bertz CT molecular complexity index is 500. The number of carbonyl (C=O) groups excluding carboxylic acids is 1. The van der Waals surface area contributed by atoms with Gasteiger partial charge in [0.1, 0.15) is 5.82 Å². The van der Waals surface area contributed by atoms with Crippen molar-refractivity contribution in [3.8, 4) is 0 Å². The van der Waals surface area contributed by atoms with E-state index in [4.69, 9.17) is 11.6 Å². The summed E-state index contributed by atoms with van der Waals surface area (Å²) in [5.41, 5.74) is 0.364. The SMILES string of the molecule is CC(CCN(C)C)NC(=O)NCC(O)c1ccc(Cl)c(F)c1. The lowest BCUT2D eigenvalue weighted by molar-refractivity contribution is 0.172. The quantitative estimate of drug-likeness (QED) is 0.717. The molecule has 124 valence electrons. The van der Waals surface area contributed by atoms with Crippen molar-refractivity contribution in [1.29, 1.82) is 0 Å². The smallest absolute Gasteiger partial charge is 0.315 e. The fraction of sp³-hybridized carbons (Fsp3) is 0.533. The van der Waals surface area contributed by atoms with Gasteiger partial charge in [-0.15, -0.1) is 0 Å². The fourth-order valence-corrected chi connectivity index (χ4v) is 1.94. The number of nitrogens with one attached hydrogen (secondary N) is 2. The van der Waals surface area contributed by atoms with E-state index in [0.29, 0.717) is 5.56 Å². The number of hydrogen-bond acceptors (Lipinski definition) is 3. The average molecular weight is 332 g/mol. The Morgan fingerprint density at radius 1 is 1.45 bits per heavy atom. The van der Waals surface area contributed by atoms with E-state index in [1.54, 1.807) is 0 Å². The van der Waals surface area contributed by atoms with Gasteiger partial charge in [-0.2, -0.15) is 0 Å². The van der Waals surface area contributed by atoms with Gasteiger partial charge in [0.15, 0.2) is 0 Å². The molecule has 5 nitrogen and oxygen atoms in total. The molecule has 1 rings (SSSR count). The summed E-state index contributed by atoms with van der Waals surface area (Å²) in [6.07, 6.45) is -0.166. The lowest BCUT2D eigenvalue weighted by Gasteiger charge is -2.18. The van der Waals surface area contributed by atoms with Crippen molar-refractivity contribution in [3.63, 3.8) is 0 Å². The van der Waals surface area contributed by atoms with Crippen molar-refractivity contribution in [3.05, 3.63) is 34.6 Å². The summed E-state index contributed by atoms with van der Waals surface area (Å²) in [6.45, 7) is 2.77. The summed E-state index contributed by atoms with van der Waals surface area (Å²) in [5.74, 6) is -0.597. The van der Waals surface area contributed by atoms with Crippen LogP contribution < -0.4 is 10.6 Å². The molecule has 2 unspecified atom stereocenters. The molecule has 2 atom stereocenters. The van der Waals surface area contributed by atoms with Crippen molar-refractivity contribution < 1.29 is 14.3 Å². The number of hydrogen-bond donors (Lipinski definition) is 3. The second kappa shape index (κ2) is 8.92. The van der Waals surface area contributed by atoms with Gasteiger partial charge in [0.2, 0.25) is 0 Å². The second-order valence-corrected chi connectivity index (χ2v) is 5.94. The molecule has 7 heteroatoms. The van der Waals surface area contributed by atoms with E-state index in [0.717, 1.165) is 19.0 Å². The molecule has 0 saturated heterocycles. The van der Waals surface area contributed by atoms with Crippen LogP contribution in [-0.2, 0) is 0 Å². The van der Waals surface area contributed by atoms with Crippen molar-refractivity contribution in [2.24, 2.45) is 0 Å². The van der Waals surface area contributed by atoms with Crippen molar-refractivity contribution in [1.82, 2.24) is 15.5 Å². The highest BCUT2D eigenvalue weighted by Crippen LogP contribution is 2.19. The van der Waals surface area contributed by atoms with Crippen molar-refractivity contribution >= 4 is 17.6 Å². The largest absolute Gasteiger partial charge is 0.387 e. The summed E-state index contributed by atoms with van der Waals surface area (Å²) in [5, 5.41) is 15.3. The van der Waals surface area contributed by atoms with E-state index >= 15 is 0 Å². The Kier molecular flexibility index (Phi) is 7.58. The number of rotatable bonds is 7. The van der Waals surface area contributed by atoms with E-state index < -0.39 is 11.9 Å². The third-order valence-electron chi connectivity index (χ3n) is 3.17. The third kappa shape index (κ3) is 6.60. The molecular formula is C15H23ClFN3O2. The zero-order chi connectivity index (χ0) is 16.7. The van der Waals surface area contributed by atoms with E-state index in [2.05, 4.69) is 10.6 Å². The van der Waals surface area contributed by atoms with E-state index in [-0.39, 0.29) is 23.6 Å². The molecule has 0 aliphatic heterocycles. The first-order chi connectivity index (χ1) is 10.3. The summed E-state index contributed by atoms with van der Waals surface area (Å²) in [4.78, 5) is 13.7. The van der Waals surface area contributed by atoms with Crippen LogP contribution in [-0.4, -0.2) is 49.3 Å². The number of carbonyl (C=O) groups is 1. The molecule has 0 saturated carbocycles. The molecule has 0 bridgehead atoms. The second-order valence-electron chi connectivity index (χ2n) is 5.54. The Balaban J connectivity index is 2.38. The number of benzene rings is 1. The first-order valence-corrected chi connectivity index (χ1v) is 7.49. The molecule has 22 heavy (non-hydrogen) atoms. The highest BCUT2D eigenvalue weighted by Gasteiger charge is 2.13. The maximum atomic E-state index is 13.3. The Morgan fingerprint density at radius 2 is 2.14 bits per heavy atom. The minimum Gasteiger partial charge on any atom is -0.387 e. The summed E-state index contributed by atoms with van der Waals surface area (Å²) in [6, 6.07) is 3.72. The number of urea groups is 1. The number of nitrogens with zero attached hydrogens (tertiary/aromatic N) is 1. The van der Waals surface area contributed by atoms with Crippen molar-refractivity contribution in [2.75, 3.05) is 27.2 Å². The zero-order valence-corrected chi connectivity index (χ0v) is 13.8. The molecule has 1 aromatic rings. The van der Waals surface area contributed by atoms with E-state index in [1.807, 2.05) is 25.9 Å². The molecule has 0 aromatic heterocycles. The standard InChI is InChI=1S/C15H23ClFN3O2/c1-10(6-7-20(2)3)19-15(22)18-9-14(21)11-4-5-12(16)13(17)8-11/h4-5,8,10,14,21H,6-7,9H2,1-3H3,(H2,18,19,22). The van der Waals surface area contributed by atoms with Gasteiger partial charge in [0.05, 0.1) is 11.1 Å². The topological polar surface area (TPSA) is 64.6 Å². The molecule has 0 spiro atoms. The molecule has 0 aliphatic rings. The van der Waals surface area contributed by atoms with Gasteiger partial charge in [0, 0.05) is 12.6 Å². The molecule has 0 fully saturated rings. The van der Waals surface area contributed by atoms with Crippen LogP contribution in [0.4, 0.5) is 9.18 Å². The molecular weight excluding hydrogens is 309 g/mol. The highest BCUT2D eigenvalue weighted by molar-refractivity contribution is 6.30. The summed E-state index contributed by atoms with van der Waals surface area (Å²) >= 11 is 5.58. The Labute approximate surface area is 135 Å². The number of amides is 2. The van der Waals surface area contributed by atoms with Crippen LogP contribution in [0.2, 0.25) is 5.02 Å². The zero-order valence-electron chi connectivity index (χ0n) is 13.1. The van der Waals surface area contributed by atoms with Gasteiger partial charge < -0.3 is 20.6 Å². The van der Waals surface area contributed by atoms with Crippen LogP contribution in [0.5, 0.6) is 0 Å². The number of aliphatic hydroxyl groups is 1. The van der Waals surface area contributed by atoms with Crippen LogP contribution in [0, 0.1) is 5.82 Å². The van der Waals surface area contributed by atoms with E-state index in [9.17, 15) is 14.3 Å². The molecule has 0 radical (unpaired) electrons. The highest BCUT2D eigenvalue weighted by atomic mass is 35.5. The van der Waals surface area contributed by atoms with E-state index in [1.165, 1.54) is 12.1 Å². The normalized spacial score (nSPS) is 13.8. The van der Waals surface area contributed by atoms with Gasteiger partial charge in [-0.3, -0.25) is 0 Å². The Morgan fingerprint density at radius 3 is 2.73 bits per heavy atom. The van der Waals surface area contributed by atoms with Gasteiger partial charge in [-0.25, -0.2) is 9.18 Å². The monoisotopic (exact) mass is 331 g/mol. The van der Waals surface area contributed by atoms with Gasteiger partial charge >= 0.3 is 6.03 Å². The summed E-state index contributed by atoms with van der Waals surface area (Å²) in [7, 11) is 3.93. The Hall–Kier alpha value is -1.37. The molecule has 0 heterocycles. The van der Waals surface area contributed by atoms with Crippen LogP contribution in [0.1, 0.15) is 25.0 Å². The van der Waals surface area contributed by atoms with Crippen LogP contribution in [0.25, 0.3) is 0 Å². The van der Waals surface area contributed by atoms with Crippen molar-refractivity contribution in [2.45, 2.75) is 25.5 Å². The van der Waals surface area contributed by atoms with Crippen LogP contribution in [0.3, 0.4) is 0 Å². The molecule has 3 N–H and O–H groups in total. The fourth-order valence-electron chi connectivity index (χ4n) is 1.83. The number of aliphatic hydroxyl groups excluding tert-OH is 1. The maximum Gasteiger partial charge on any atom is 0.315 e. The minimum atomic E-state index is -0.991. The molecule has 0 aliphatic carbocycles. The van der Waals surface area contributed by atoms with Gasteiger partial charge in [-0.1, -0.05) is 17.7 Å². The van der Waals surface area contributed by atoms with Crippen LogP contribution >= 0.6 is 11.6 Å².